The minimum absolute atomic E-state index is 0.252. The van der Waals surface area contributed by atoms with Gasteiger partial charge in [0.2, 0.25) is 0 Å². The second-order valence-electron chi connectivity index (χ2n) is 3.31. The summed E-state index contributed by atoms with van der Waals surface area (Å²) in [6, 6.07) is 2.41. The second kappa shape index (κ2) is 5.16. The third-order valence-corrected chi connectivity index (χ3v) is 2.44. The fourth-order valence-corrected chi connectivity index (χ4v) is 1.69. The monoisotopic (exact) mass is 168 g/mol. The normalized spacial score (nSPS) is 15.7. The van der Waals surface area contributed by atoms with Crippen LogP contribution in [0.25, 0.3) is 0 Å². The van der Waals surface area contributed by atoms with E-state index in [0.717, 1.165) is 25.9 Å². The fourth-order valence-electron chi connectivity index (χ4n) is 1.69. The summed E-state index contributed by atoms with van der Waals surface area (Å²) in [5.41, 5.74) is -0.252. The van der Waals surface area contributed by atoms with E-state index in [0.29, 0.717) is 0 Å². The lowest BCUT2D eigenvalue weighted by Crippen LogP contribution is -2.44. The highest BCUT2D eigenvalue weighted by atomic mass is 15.2. The van der Waals surface area contributed by atoms with Gasteiger partial charge in [-0.05, 0) is 26.4 Å². The molecule has 0 N–H and O–H groups in total. The molecule has 2 nitrogen and oxygen atoms in total. The van der Waals surface area contributed by atoms with Crippen molar-refractivity contribution in [3.05, 3.63) is 0 Å². The third-order valence-electron chi connectivity index (χ3n) is 2.44. The van der Waals surface area contributed by atoms with Gasteiger partial charge in [-0.15, -0.1) is 0 Å². The fraction of sp³-hybridized carbons (Fsp3) is 0.900. The van der Waals surface area contributed by atoms with Crippen molar-refractivity contribution in [3.8, 4) is 6.07 Å². The van der Waals surface area contributed by atoms with Gasteiger partial charge in [0, 0.05) is 0 Å². The van der Waals surface area contributed by atoms with Crippen LogP contribution in [0.15, 0.2) is 0 Å². The van der Waals surface area contributed by atoms with Gasteiger partial charge in [0.15, 0.2) is 0 Å². The predicted octanol–water partition coefficient (Wildman–Crippen LogP) is 2.41. The van der Waals surface area contributed by atoms with Gasteiger partial charge in [-0.3, -0.25) is 4.90 Å². The Morgan fingerprint density at radius 3 is 2.00 bits per heavy atom. The van der Waals surface area contributed by atoms with Crippen LogP contribution < -0.4 is 0 Å². The lowest BCUT2D eigenvalue weighted by molar-refractivity contribution is 0.158. The first kappa shape index (κ1) is 11.4. The highest BCUT2D eigenvalue weighted by Crippen LogP contribution is 2.19. The molecule has 0 bridgehead atoms. The van der Waals surface area contributed by atoms with E-state index in [2.05, 4.69) is 31.7 Å². The zero-order valence-electron chi connectivity index (χ0n) is 8.72. The van der Waals surface area contributed by atoms with Gasteiger partial charge in [-0.1, -0.05) is 27.2 Å². The standard InChI is InChI=1S/C10H20N2/c1-5-8-10(4,9-11)12(6-2)7-3/h5-8H2,1-4H3. The Hall–Kier alpha value is -0.550. The molecule has 0 aliphatic rings. The number of hydrogen-bond acceptors (Lipinski definition) is 2. The zero-order chi connectivity index (χ0) is 9.61. The van der Waals surface area contributed by atoms with Crippen molar-refractivity contribution in [2.45, 2.75) is 46.1 Å². The summed E-state index contributed by atoms with van der Waals surface area (Å²) in [4.78, 5) is 2.22. The van der Waals surface area contributed by atoms with Gasteiger partial charge in [-0.2, -0.15) is 5.26 Å². The number of nitriles is 1. The van der Waals surface area contributed by atoms with Crippen molar-refractivity contribution in [3.63, 3.8) is 0 Å². The Morgan fingerprint density at radius 2 is 1.75 bits per heavy atom. The van der Waals surface area contributed by atoms with Crippen LogP contribution in [0.2, 0.25) is 0 Å². The van der Waals surface area contributed by atoms with E-state index in [1.54, 1.807) is 0 Å². The molecule has 1 unspecified atom stereocenters. The van der Waals surface area contributed by atoms with Crippen LogP contribution in [0.1, 0.15) is 40.5 Å². The molecule has 0 spiro atoms. The molecule has 0 saturated carbocycles. The van der Waals surface area contributed by atoms with Crippen LogP contribution >= 0.6 is 0 Å². The first-order valence-corrected chi connectivity index (χ1v) is 4.80. The van der Waals surface area contributed by atoms with Gasteiger partial charge >= 0.3 is 0 Å². The summed E-state index contributed by atoms with van der Waals surface area (Å²) in [7, 11) is 0. The van der Waals surface area contributed by atoms with E-state index in [9.17, 15) is 0 Å². The Labute approximate surface area is 76.2 Å². The molecule has 0 rings (SSSR count). The number of hydrogen-bond donors (Lipinski definition) is 0. The van der Waals surface area contributed by atoms with Crippen LogP contribution in [0.3, 0.4) is 0 Å². The number of rotatable bonds is 5. The molecule has 0 fully saturated rings. The van der Waals surface area contributed by atoms with E-state index >= 15 is 0 Å². The van der Waals surface area contributed by atoms with Crippen molar-refractivity contribution in [2.75, 3.05) is 13.1 Å². The van der Waals surface area contributed by atoms with Gasteiger partial charge in [0.25, 0.3) is 0 Å². The van der Waals surface area contributed by atoms with Gasteiger partial charge in [0.05, 0.1) is 6.07 Å². The summed E-state index contributed by atoms with van der Waals surface area (Å²) in [5.74, 6) is 0. The van der Waals surface area contributed by atoms with E-state index in [4.69, 9.17) is 5.26 Å². The molecule has 0 saturated heterocycles. The molecular weight excluding hydrogens is 148 g/mol. The minimum atomic E-state index is -0.252. The topological polar surface area (TPSA) is 27.0 Å². The van der Waals surface area contributed by atoms with Crippen molar-refractivity contribution >= 4 is 0 Å². The van der Waals surface area contributed by atoms with Crippen molar-refractivity contribution < 1.29 is 0 Å². The smallest absolute Gasteiger partial charge is 0.106 e. The molecule has 0 amide bonds. The molecule has 0 aromatic carbocycles. The summed E-state index contributed by atoms with van der Waals surface area (Å²) >= 11 is 0. The molecule has 1 atom stereocenters. The van der Waals surface area contributed by atoms with Crippen LogP contribution in [0.4, 0.5) is 0 Å². The Balaban J connectivity index is 4.38. The molecule has 0 heterocycles. The SMILES string of the molecule is CCCC(C)(C#N)N(CC)CC. The Morgan fingerprint density at radius 1 is 1.25 bits per heavy atom. The Bertz CT molecular complexity index is 156. The molecule has 0 aromatic rings. The average Bonchev–Trinajstić information content (AvgIpc) is 2.07. The molecule has 2 heteroatoms. The summed E-state index contributed by atoms with van der Waals surface area (Å²) in [5, 5.41) is 9.06. The second-order valence-corrected chi connectivity index (χ2v) is 3.31. The maximum absolute atomic E-state index is 9.06. The molecule has 0 aliphatic carbocycles. The van der Waals surface area contributed by atoms with Crippen LogP contribution in [0, 0.1) is 11.3 Å². The molecule has 0 aromatic heterocycles. The van der Waals surface area contributed by atoms with Gasteiger partial charge in [-0.25, -0.2) is 0 Å². The lowest BCUT2D eigenvalue weighted by Gasteiger charge is -2.34. The van der Waals surface area contributed by atoms with Gasteiger partial charge in [0.1, 0.15) is 5.54 Å². The highest BCUT2D eigenvalue weighted by molar-refractivity contribution is 5.04. The maximum atomic E-state index is 9.06. The van der Waals surface area contributed by atoms with Crippen molar-refractivity contribution in [1.29, 1.82) is 5.26 Å². The summed E-state index contributed by atoms with van der Waals surface area (Å²) in [6.07, 6.45) is 2.03. The summed E-state index contributed by atoms with van der Waals surface area (Å²) < 4.78 is 0. The molecular formula is C10H20N2. The first-order chi connectivity index (χ1) is 5.64. The molecule has 0 aliphatic heterocycles. The van der Waals surface area contributed by atoms with E-state index in [-0.39, 0.29) is 5.54 Å². The minimum Gasteiger partial charge on any atom is -0.286 e. The molecule has 12 heavy (non-hydrogen) atoms. The van der Waals surface area contributed by atoms with Crippen molar-refractivity contribution in [1.82, 2.24) is 4.90 Å². The van der Waals surface area contributed by atoms with Crippen LogP contribution in [0.5, 0.6) is 0 Å². The Kier molecular flexibility index (Phi) is 4.92. The predicted molar refractivity (Wildman–Crippen MR) is 51.8 cm³/mol. The van der Waals surface area contributed by atoms with E-state index in [1.165, 1.54) is 0 Å². The number of nitrogens with zero attached hydrogens (tertiary/aromatic N) is 2. The molecule has 70 valence electrons. The maximum Gasteiger partial charge on any atom is 0.106 e. The molecule has 0 radical (unpaired) electrons. The van der Waals surface area contributed by atoms with Crippen LogP contribution in [-0.4, -0.2) is 23.5 Å². The lowest BCUT2D eigenvalue weighted by atomic mass is 9.96. The quantitative estimate of drug-likeness (QED) is 0.630. The van der Waals surface area contributed by atoms with Gasteiger partial charge < -0.3 is 0 Å². The van der Waals surface area contributed by atoms with Crippen LogP contribution in [-0.2, 0) is 0 Å². The average molecular weight is 168 g/mol. The van der Waals surface area contributed by atoms with E-state index < -0.39 is 0 Å². The zero-order valence-corrected chi connectivity index (χ0v) is 8.72. The summed E-state index contributed by atoms with van der Waals surface area (Å²) in [6.45, 7) is 10.3. The van der Waals surface area contributed by atoms with E-state index in [1.807, 2.05) is 6.92 Å². The van der Waals surface area contributed by atoms with Crippen molar-refractivity contribution in [2.24, 2.45) is 0 Å². The first-order valence-electron chi connectivity index (χ1n) is 4.80. The third kappa shape index (κ3) is 2.49. The highest BCUT2D eigenvalue weighted by Gasteiger charge is 2.28. The largest absolute Gasteiger partial charge is 0.286 e.